The average molecular weight is 627 g/mol. The molecule has 5 aromatic rings. The third-order valence-electron chi connectivity index (χ3n) is 8.03. The molecular formula is C38H35N5Zn. The molecule has 3 N–H and O–H groups in total. The summed E-state index contributed by atoms with van der Waals surface area (Å²) in [7, 11) is 0. The largest absolute Gasteiger partial charge is 0.382 e. The summed E-state index contributed by atoms with van der Waals surface area (Å²) in [5.74, 6) is 0. The van der Waals surface area contributed by atoms with Crippen molar-refractivity contribution in [2.75, 3.05) is 11.9 Å². The van der Waals surface area contributed by atoms with Crippen LogP contribution in [-0.4, -0.2) is 26.5 Å². The van der Waals surface area contributed by atoms with Crippen LogP contribution in [0.2, 0.25) is 0 Å². The van der Waals surface area contributed by atoms with Crippen LogP contribution in [-0.2, 0) is 19.5 Å². The number of nitrogens with one attached hydrogen (secondary N) is 3. The molecular weight excluding hydrogens is 592 g/mol. The van der Waals surface area contributed by atoms with E-state index >= 15 is 0 Å². The number of H-pyrrole nitrogens is 2. The van der Waals surface area contributed by atoms with Crippen molar-refractivity contribution >= 4 is 52.1 Å². The first kappa shape index (κ1) is 29.5. The first-order chi connectivity index (χ1) is 21.3. The number of benzene rings is 2. The van der Waals surface area contributed by atoms with Crippen molar-refractivity contribution in [1.82, 2.24) is 19.9 Å². The predicted octanol–water partition coefficient (Wildman–Crippen LogP) is 9.98. The quantitative estimate of drug-likeness (QED) is 0.116. The summed E-state index contributed by atoms with van der Waals surface area (Å²) in [6.07, 6.45) is 13.3. The van der Waals surface area contributed by atoms with Crippen LogP contribution in [0.15, 0.2) is 91.0 Å². The van der Waals surface area contributed by atoms with Crippen LogP contribution < -0.4 is 5.32 Å². The number of rotatable bonds is 8. The molecule has 2 aliphatic rings. The molecule has 0 fully saturated rings. The van der Waals surface area contributed by atoms with Gasteiger partial charge >= 0.3 is 0 Å². The minimum atomic E-state index is 0. The van der Waals surface area contributed by atoms with Crippen LogP contribution in [0.25, 0.3) is 68.6 Å². The van der Waals surface area contributed by atoms with Gasteiger partial charge in [0.25, 0.3) is 0 Å². The van der Waals surface area contributed by atoms with Gasteiger partial charge in [-0.25, -0.2) is 9.97 Å². The molecule has 0 atom stereocenters. The number of nitrogens with zero attached hydrogens (tertiary/aromatic N) is 2. The summed E-state index contributed by atoms with van der Waals surface area (Å²) in [6, 6.07) is 31.7. The average Bonchev–Trinajstić information content (AvgIpc) is 3.86. The van der Waals surface area contributed by atoms with Gasteiger partial charge in [-0.2, -0.15) is 0 Å². The van der Waals surface area contributed by atoms with E-state index in [1.54, 1.807) is 0 Å². The molecule has 2 aromatic carbocycles. The van der Waals surface area contributed by atoms with E-state index in [4.69, 9.17) is 9.97 Å². The second kappa shape index (κ2) is 13.4. The smallest absolute Gasteiger partial charge is 0.0890 e. The number of aromatic nitrogens is 4. The molecule has 44 heavy (non-hydrogen) atoms. The summed E-state index contributed by atoms with van der Waals surface area (Å²) >= 11 is 0. The molecule has 7 rings (SSSR count). The molecule has 6 heteroatoms. The van der Waals surface area contributed by atoms with Crippen LogP contribution in [0.1, 0.15) is 55.4 Å². The zero-order valence-corrected chi connectivity index (χ0v) is 28.1. The van der Waals surface area contributed by atoms with Crippen LogP contribution >= 0.6 is 0 Å². The normalized spacial score (nSPS) is 11.8. The first-order valence-electron chi connectivity index (χ1n) is 15.2. The molecule has 3 aromatic heterocycles. The van der Waals surface area contributed by atoms with Gasteiger partial charge < -0.3 is 15.3 Å². The standard InChI is InChI=1S/C38H35N5.Zn/c1-2-3-4-11-24-39-38-34-22-20-32(42-34)36(26-12-7-5-8-13-26)30-18-16-28(40-30)25-29-17-19-31(41-29)37(27-14-9-6-10-15-27)33-21-23-35(38)43-33;/h5-10,12-23,25,39-40,43H,2-4,11,24H2,1H3;. The Kier molecular flexibility index (Phi) is 9.00. The summed E-state index contributed by atoms with van der Waals surface area (Å²) < 4.78 is 0. The SMILES string of the molecule is CCCCCCNc1c2nc(c(-c3ccccc3)c3ccc(cc4nc(c(-c5ccccc5)c5ccc1[nH]5)C=C4)[nH]3)C=C2.[Zn]. The summed E-state index contributed by atoms with van der Waals surface area (Å²) in [6.45, 7) is 3.14. The molecule has 0 spiro atoms. The Bertz CT molecular complexity index is 1950. The number of fused-ring (bicyclic) bond motifs is 8. The van der Waals surface area contributed by atoms with Crippen LogP contribution in [0.4, 0.5) is 5.69 Å². The van der Waals surface area contributed by atoms with Crippen molar-refractivity contribution < 1.29 is 19.5 Å². The molecule has 5 heterocycles. The predicted molar refractivity (Wildman–Crippen MR) is 182 cm³/mol. The molecule has 0 radical (unpaired) electrons. The van der Waals surface area contributed by atoms with Crippen LogP contribution in [0.3, 0.4) is 0 Å². The molecule has 0 amide bonds. The number of hydrogen-bond donors (Lipinski definition) is 3. The Morgan fingerprint density at radius 3 is 1.93 bits per heavy atom. The fourth-order valence-corrected chi connectivity index (χ4v) is 5.91. The summed E-state index contributed by atoms with van der Waals surface area (Å²) in [5, 5.41) is 3.76. The van der Waals surface area contributed by atoms with Crippen molar-refractivity contribution in [2.45, 2.75) is 32.6 Å². The molecule has 0 unspecified atom stereocenters. The van der Waals surface area contributed by atoms with Crippen molar-refractivity contribution in [2.24, 2.45) is 0 Å². The number of unbranched alkanes of at least 4 members (excludes halogenated alkanes) is 3. The number of aromatic amines is 2. The molecule has 5 nitrogen and oxygen atoms in total. The monoisotopic (exact) mass is 625 g/mol. The van der Waals surface area contributed by atoms with Crippen molar-refractivity contribution in [3.63, 3.8) is 0 Å². The van der Waals surface area contributed by atoms with E-state index in [2.05, 4.69) is 125 Å². The van der Waals surface area contributed by atoms with Crippen molar-refractivity contribution in [3.8, 4) is 22.3 Å². The zero-order valence-electron chi connectivity index (χ0n) is 25.1. The van der Waals surface area contributed by atoms with Gasteiger partial charge in [0.05, 0.1) is 34.0 Å². The van der Waals surface area contributed by atoms with E-state index in [-0.39, 0.29) is 19.5 Å². The molecule has 2 aliphatic heterocycles. The molecule has 0 aliphatic carbocycles. The maximum atomic E-state index is 5.24. The van der Waals surface area contributed by atoms with Gasteiger partial charge in [0.2, 0.25) is 0 Å². The van der Waals surface area contributed by atoms with Gasteiger partial charge in [-0.3, -0.25) is 0 Å². The van der Waals surface area contributed by atoms with Gasteiger partial charge in [-0.15, -0.1) is 0 Å². The van der Waals surface area contributed by atoms with Gasteiger partial charge in [-0.05, 0) is 72.2 Å². The molecule has 0 saturated carbocycles. The molecule has 214 valence electrons. The van der Waals surface area contributed by atoms with Gasteiger partial charge in [0, 0.05) is 53.7 Å². The van der Waals surface area contributed by atoms with E-state index in [0.29, 0.717) is 0 Å². The summed E-state index contributed by atoms with van der Waals surface area (Å²) in [5.41, 5.74) is 13.1. The van der Waals surface area contributed by atoms with Crippen molar-refractivity contribution in [1.29, 1.82) is 0 Å². The Labute approximate surface area is 271 Å². The van der Waals surface area contributed by atoms with Gasteiger partial charge in [-0.1, -0.05) is 86.8 Å². The maximum absolute atomic E-state index is 5.24. The van der Waals surface area contributed by atoms with E-state index < -0.39 is 0 Å². The fourth-order valence-electron chi connectivity index (χ4n) is 5.91. The van der Waals surface area contributed by atoms with Gasteiger partial charge in [0.15, 0.2) is 0 Å². The van der Waals surface area contributed by atoms with E-state index in [0.717, 1.165) is 85.7 Å². The summed E-state index contributed by atoms with van der Waals surface area (Å²) in [4.78, 5) is 17.7. The van der Waals surface area contributed by atoms with Crippen LogP contribution in [0, 0.1) is 0 Å². The first-order valence-corrected chi connectivity index (χ1v) is 15.2. The van der Waals surface area contributed by atoms with Crippen molar-refractivity contribution in [3.05, 3.63) is 114 Å². The zero-order chi connectivity index (χ0) is 29.0. The minimum absolute atomic E-state index is 0. The Balaban J connectivity index is 0.00000343. The molecule has 0 saturated heterocycles. The van der Waals surface area contributed by atoms with E-state index in [1.165, 1.54) is 19.3 Å². The Hall–Kier alpha value is -4.54. The molecule has 8 bridgehead atoms. The third kappa shape index (κ3) is 6.09. The Morgan fingerprint density at radius 2 is 1.20 bits per heavy atom. The minimum Gasteiger partial charge on any atom is -0.382 e. The number of anilines is 1. The topological polar surface area (TPSA) is 69.4 Å². The Morgan fingerprint density at radius 1 is 0.591 bits per heavy atom. The van der Waals surface area contributed by atoms with Gasteiger partial charge in [0.1, 0.15) is 0 Å². The van der Waals surface area contributed by atoms with E-state index in [1.807, 2.05) is 12.1 Å². The maximum Gasteiger partial charge on any atom is 0.0890 e. The third-order valence-corrected chi connectivity index (χ3v) is 8.03. The fraction of sp³-hybridized carbons (Fsp3) is 0.158. The van der Waals surface area contributed by atoms with Crippen LogP contribution in [0.5, 0.6) is 0 Å². The second-order valence-corrected chi connectivity index (χ2v) is 11.1. The number of hydrogen-bond acceptors (Lipinski definition) is 3. The van der Waals surface area contributed by atoms with E-state index in [9.17, 15) is 0 Å². The second-order valence-electron chi connectivity index (χ2n) is 11.1.